The van der Waals surface area contributed by atoms with E-state index < -0.39 is 0 Å². The maximum Gasteiger partial charge on any atom is 0.254 e. The molecule has 9 nitrogen and oxygen atoms in total. The summed E-state index contributed by atoms with van der Waals surface area (Å²) in [7, 11) is 1.60. The molecule has 2 aliphatic rings. The number of nitrogens with zero attached hydrogens (tertiary/aromatic N) is 5. The predicted molar refractivity (Wildman–Crippen MR) is 132 cm³/mol. The third-order valence-corrected chi connectivity index (χ3v) is 6.33. The Labute approximate surface area is 200 Å². The largest absolute Gasteiger partial charge is 0.396 e. The van der Waals surface area contributed by atoms with Crippen molar-refractivity contribution in [3.05, 3.63) is 48.9 Å². The van der Waals surface area contributed by atoms with Gasteiger partial charge in [0, 0.05) is 51.1 Å². The van der Waals surface area contributed by atoms with Gasteiger partial charge >= 0.3 is 0 Å². The van der Waals surface area contributed by atoms with Gasteiger partial charge in [-0.2, -0.15) is 0 Å². The lowest BCUT2D eigenvalue weighted by Gasteiger charge is -2.41. The summed E-state index contributed by atoms with van der Waals surface area (Å²) in [5, 5.41) is 0. The third-order valence-electron chi connectivity index (χ3n) is 6.33. The Bertz CT molecular complexity index is 1060. The van der Waals surface area contributed by atoms with Gasteiger partial charge in [-0.05, 0) is 44.0 Å². The van der Waals surface area contributed by atoms with Crippen LogP contribution in [0.4, 0.5) is 22.9 Å². The molecule has 0 radical (unpaired) electrons. The van der Waals surface area contributed by atoms with Crippen molar-refractivity contribution in [3.63, 3.8) is 0 Å². The first-order valence-electron chi connectivity index (χ1n) is 11.6. The number of ether oxygens (including phenoxy) is 1. The smallest absolute Gasteiger partial charge is 0.254 e. The molecule has 2 amide bonds. The minimum atomic E-state index is -0.251. The van der Waals surface area contributed by atoms with Gasteiger partial charge in [0.15, 0.2) is 5.82 Å². The molecule has 0 bridgehead atoms. The van der Waals surface area contributed by atoms with Crippen LogP contribution in [0.3, 0.4) is 0 Å². The molecular weight excluding hydrogens is 432 g/mol. The number of rotatable bonds is 8. The summed E-state index contributed by atoms with van der Waals surface area (Å²) < 4.78 is 5.05. The van der Waals surface area contributed by atoms with Crippen LogP contribution in [0.2, 0.25) is 0 Å². The maximum absolute atomic E-state index is 12.9. The van der Waals surface area contributed by atoms with Gasteiger partial charge in [0.05, 0.1) is 35.8 Å². The maximum atomic E-state index is 12.9. The third kappa shape index (κ3) is 4.89. The standard InChI is InChI=1S/C25H32N6O3/c1-4-22(32)31(19-7-10-27-11-8-19)21-15-20(26)25(28-24(21)18-5-6-18)29-12-13-30(17(2)16-29)23(33)9-14-34-3/h4,7-8,10-11,15,17-18H,1,5-6,9,12-14,16,26H2,2-3H3/t17-/m1/s1. The molecule has 0 aromatic carbocycles. The molecule has 1 aliphatic heterocycles. The van der Waals surface area contributed by atoms with Gasteiger partial charge in [0.25, 0.3) is 5.91 Å². The number of anilines is 4. The van der Waals surface area contributed by atoms with Gasteiger partial charge < -0.3 is 20.3 Å². The lowest BCUT2D eigenvalue weighted by atomic mass is 10.1. The van der Waals surface area contributed by atoms with E-state index in [1.54, 1.807) is 36.5 Å². The second kappa shape index (κ2) is 10.2. The fraction of sp³-hybridized carbons (Fsp3) is 0.440. The van der Waals surface area contributed by atoms with Crippen LogP contribution in [0.15, 0.2) is 43.2 Å². The Kier molecular flexibility index (Phi) is 7.12. The number of aromatic nitrogens is 2. The Morgan fingerprint density at radius 1 is 1.29 bits per heavy atom. The zero-order valence-electron chi connectivity index (χ0n) is 19.8. The van der Waals surface area contributed by atoms with E-state index in [4.69, 9.17) is 15.5 Å². The highest BCUT2D eigenvalue weighted by Crippen LogP contribution is 2.46. The highest BCUT2D eigenvalue weighted by atomic mass is 16.5. The average molecular weight is 465 g/mol. The van der Waals surface area contributed by atoms with Gasteiger partial charge in [0.1, 0.15) is 0 Å². The minimum absolute atomic E-state index is 0.0269. The molecule has 0 spiro atoms. The molecule has 1 saturated heterocycles. The summed E-state index contributed by atoms with van der Waals surface area (Å²) in [5.74, 6) is 0.839. The zero-order chi connectivity index (χ0) is 24.2. The molecule has 2 aromatic rings. The van der Waals surface area contributed by atoms with Crippen molar-refractivity contribution in [2.45, 2.75) is 38.1 Å². The summed E-state index contributed by atoms with van der Waals surface area (Å²) in [6, 6.07) is 5.44. The SMILES string of the molecule is C=CC(=O)N(c1ccncc1)c1cc(N)c(N2CCN(C(=O)CCOC)[C@H](C)C2)nc1C1CC1. The quantitative estimate of drug-likeness (QED) is 0.599. The summed E-state index contributed by atoms with van der Waals surface area (Å²) in [4.78, 5) is 40.1. The number of hydrogen-bond acceptors (Lipinski definition) is 7. The topological polar surface area (TPSA) is 105 Å². The number of piperazine rings is 1. The van der Waals surface area contributed by atoms with E-state index in [0.717, 1.165) is 18.5 Å². The number of amides is 2. The monoisotopic (exact) mass is 464 g/mol. The molecule has 9 heteroatoms. The molecular formula is C25H32N6O3. The lowest BCUT2D eigenvalue weighted by Crippen LogP contribution is -2.54. The van der Waals surface area contributed by atoms with Gasteiger partial charge in [-0.25, -0.2) is 4.98 Å². The van der Waals surface area contributed by atoms with Gasteiger partial charge in [0.2, 0.25) is 5.91 Å². The molecule has 4 rings (SSSR count). The number of carbonyl (C=O) groups is 2. The molecule has 0 unspecified atom stereocenters. The Morgan fingerprint density at radius 3 is 2.65 bits per heavy atom. The highest BCUT2D eigenvalue weighted by molar-refractivity contribution is 6.07. The molecule has 2 aromatic heterocycles. The number of carbonyl (C=O) groups excluding carboxylic acids is 2. The minimum Gasteiger partial charge on any atom is -0.396 e. The highest BCUT2D eigenvalue weighted by Gasteiger charge is 2.34. The van der Waals surface area contributed by atoms with E-state index in [0.29, 0.717) is 55.5 Å². The van der Waals surface area contributed by atoms with E-state index in [1.165, 1.54) is 6.08 Å². The van der Waals surface area contributed by atoms with Crippen LogP contribution in [-0.2, 0) is 14.3 Å². The van der Waals surface area contributed by atoms with Crippen molar-refractivity contribution in [3.8, 4) is 0 Å². The van der Waals surface area contributed by atoms with E-state index >= 15 is 0 Å². The molecule has 34 heavy (non-hydrogen) atoms. The van der Waals surface area contributed by atoms with Crippen molar-refractivity contribution in [2.24, 2.45) is 0 Å². The number of nitrogen functional groups attached to an aromatic ring is 1. The van der Waals surface area contributed by atoms with Gasteiger partial charge in [-0.15, -0.1) is 0 Å². The molecule has 180 valence electrons. The van der Waals surface area contributed by atoms with Crippen molar-refractivity contribution in [1.82, 2.24) is 14.9 Å². The Hall–Kier alpha value is -3.46. The fourth-order valence-electron chi connectivity index (χ4n) is 4.43. The second-order valence-electron chi connectivity index (χ2n) is 8.79. The summed E-state index contributed by atoms with van der Waals surface area (Å²) in [6.45, 7) is 8.02. The molecule has 1 atom stereocenters. The van der Waals surface area contributed by atoms with E-state index in [9.17, 15) is 9.59 Å². The van der Waals surface area contributed by atoms with Crippen LogP contribution in [0, 0.1) is 0 Å². The van der Waals surface area contributed by atoms with Gasteiger partial charge in [-0.3, -0.25) is 19.5 Å². The molecule has 2 fully saturated rings. The summed E-state index contributed by atoms with van der Waals surface area (Å²) in [6.07, 6.45) is 7.01. The summed E-state index contributed by atoms with van der Waals surface area (Å²) in [5.41, 5.74) is 9.26. The van der Waals surface area contributed by atoms with Crippen LogP contribution in [0.1, 0.15) is 37.8 Å². The number of methoxy groups -OCH3 is 1. The van der Waals surface area contributed by atoms with Crippen molar-refractivity contribution in [1.29, 1.82) is 0 Å². The van der Waals surface area contributed by atoms with Crippen LogP contribution >= 0.6 is 0 Å². The summed E-state index contributed by atoms with van der Waals surface area (Å²) >= 11 is 0. The van der Waals surface area contributed by atoms with Crippen molar-refractivity contribution < 1.29 is 14.3 Å². The molecule has 1 aliphatic carbocycles. The van der Waals surface area contributed by atoms with E-state index in [1.807, 2.05) is 17.9 Å². The van der Waals surface area contributed by atoms with Crippen LogP contribution in [0.5, 0.6) is 0 Å². The van der Waals surface area contributed by atoms with E-state index in [-0.39, 0.29) is 23.8 Å². The predicted octanol–water partition coefficient (Wildman–Crippen LogP) is 2.86. The lowest BCUT2D eigenvalue weighted by molar-refractivity contribution is -0.134. The average Bonchev–Trinajstić information content (AvgIpc) is 3.68. The van der Waals surface area contributed by atoms with Gasteiger partial charge in [-0.1, -0.05) is 6.58 Å². The first-order valence-corrected chi connectivity index (χ1v) is 11.6. The number of hydrogen-bond donors (Lipinski definition) is 1. The zero-order valence-corrected chi connectivity index (χ0v) is 19.8. The number of pyridine rings is 2. The first-order chi connectivity index (χ1) is 16.4. The van der Waals surface area contributed by atoms with Crippen molar-refractivity contribution >= 4 is 34.7 Å². The number of nitrogens with two attached hydrogens (primary N) is 1. The van der Waals surface area contributed by atoms with Crippen LogP contribution < -0.4 is 15.5 Å². The Morgan fingerprint density at radius 2 is 2.03 bits per heavy atom. The molecule has 2 N–H and O–H groups in total. The van der Waals surface area contributed by atoms with Crippen molar-refractivity contribution in [2.75, 3.05) is 48.9 Å². The second-order valence-corrected chi connectivity index (χ2v) is 8.79. The Balaban J connectivity index is 1.64. The molecule has 1 saturated carbocycles. The normalized spacial score (nSPS) is 18.0. The first kappa shape index (κ1) is 23.7. The van der Waals surface area contributed by atoms with E-state index in [2.05, 4.69) is 16.5 Å². The van der Waals surface area contributed by atoms with Crippen LogP contribution in [0.25, 0.3) is 0 Å². The fourth-order valence-corrected chi connectivity index (χ4v) is 4.43. The molecule has 3 heterocycles. The van der Waals surface area contributed by atoms with Crippen LogP contribution in [-0.4, -0.2) is 66.1 Å².